The smallest absolute Gasteiger partial charge is 0.225 e. The van der Waals surface area contributed by atoms with Gasteiger partial charge in [-0.25, -0.2) is 4.98 Å². The Labute approximate surface area is 174 Å². The van der Waals surface area contributed by atoms with E-state index >= 15 is 0 Å². The van der Waals surface area contributed by atoms with E-state index in [1.54, 1.807) is 6.07 Å². The first-order chi connectivity index (χ1) is 13.5. The van der Waals surface area contributed by atoms with Crippen LogP contribution in [0.2, 0.25) is 10.0 Å². The number of anilines is 3. The number of hydrogen-bond acceptors (Lipinski definition) is 5. The molecule has 0 fully saturated rings. The molecule has 1 heterocycles. The van der Waals surface area contributed by atoms with E-state index in [1.165, 1.54) is 0 Å². The predicted molar refractivity (Wildman–Crippen MR) is 117 cm³/mol. The minimum absolute atomic E-state index is 0.0144. The molecule has 0 aliphatic rings. The molecule has 0 bridgehead atoms. The number of nitrogens with zero attached hydrogens (tertiary/aromatic N) is 2. The van der Waals surface area contributed by atoms with Gasteiger partial charge in [0, 0.05) is 11.6 Å². The minimum atomic E-state index is -0.159. The summed E-state index contributed by atoms with van der Waals surface area (Å²) in [5.74, 6) is 1.21. The maximum Gasteiger partial charge on any atom is 0.225 e. The number of rotatable bonds is 7. The number of halogens is 2. The second-order valence-electron chi connectivity index (χ2n) is 6.73. The van der Waals surface area contributed by atoms with E-state index in [9.17, 15) is 5.11 Å². The Bertz CT molecular complexity index is 935. The fourth-order valence-electron chi connectivity index (χ4n) is 2.66. The maximum atomic E-state index is 9.65. The van der Waals surface area contributed by atoms with Crippen LogP contribution in [0.1, 0.15) is 13.8 Å². The summed E-state index contributed by atoms with van der Waals surface area (Å²) in [6.07, 6.45) is 0. The zero-order chi connectivity index (χ0) is 20.1. The molecule has 0 aliphatic carbocycles. The minimum Gasteiger partial charge on any atom is -0.394 e. The summed E-state index contributed by atoms with van der Waals surface area (Å²) in [5, 5.41) is 17.0. The molecule has 5 nitrogen and oxygen atoms in total. The Balaban J connectivity index is 2.00. The second kappa shape index (κ2) is 9.24. The van der Waals surface area contributed by atoms with Crippen molar-refractivity contribution < 1.29 is 5.11 Å². The van der Waals surface area contributed by atoms with Crippen molar-refractivity contribution >= 4 is 40.7 Å². The standard InChI is InChI=1S/C21H22Cl2N4O/c1-13(2)18(12-28)26-21-25-17(14-7-4-3-5-8-14)11-19(27-21)24-16-10-6-9-15(22)20(16)23/h3-11,13,18,28H,12H2,1-2H3,(H2,24,25,26,27)/t18-/m0/s1. The number of benzene rings is 2. The Morgan fingerprint density at radius 3 is 2.43 bits per heavy atom. The van der Waals surface area contributed by atoms with Gasteiger partial charge < -0.3 is 15.7 Å². The molecule has 0 saturated heterocycles. The van der Waals surface area contributed by atoms with E-state index in [-0.39, 0.29) is 18.6 Å². The van der Waals surface area contributed by atoms with Gasteiger partial charge in [-0.3, -0.25) is 0 Å². The highest BCUT2D eigenvalue weighted by Crippen LogP contribution is 2.32. The number of aliphatic hydroxyl groups excluding tert-OH is 1. The third kappa shape index (κ3) is 4.93. The molecular weight excluding hydrogens is 395 g/mol. The Hall–Kier alpha value is -2.34. The zero-order valence-corrected chi connectivity index (χ0v) is 17.2. The Morgan fingerprint density at radius 1 is 1.00 bits per heavy atom. The molecule has 0 unspecified atom stereocenters. The fraction of sp³-hybridized carbons (Fsp3) is 0.238. The highest BCUT2D eigenvalue weighted by atomic mass is 35.5. The molecule has 2 aromatic carbocycles. The van der Waals surface area contributed by atoms with Crippen molar-refractivity contribution in [1.29, 1.82) is 0 Å². The van der Waals surface area contributed by atoms with E-state index in [1.807, 2.05) is 62.4 Å². The van der Waals surface area contributed by atoms with Gasteiger partial charge in [0.05, 0.1) is 34.1 Å². The Morgan fingerprint density at radius 2 is 1.75 bits per heavy atom. The van der Waals surface area contributed by atoms with Crippen LogP contribution in [0.5, 0.6) is 0 Å². The molecular formula is C21H22Cl2N4O. The summed E-state index contributed by atoms with van der Waals surface area (Å²) in [4.78, 5) is 9.17. The van der Waals surface area contributed by atoms with Crippen LogP contribution in [0.3, 0.4) is 0 Å². The largest absolute Gasteiger partial charge is 0.394 e. The van der Waals surface area contributed by atoms with Crippen molar-refractivity contribution in [2.24, 2.45) is 5.92 Å². The molecule has 0 aliphatic heterocycles. The van der Waals surface area contributed by atoms with Gasteiger partial charge >= 0.3 is 0 Å². The molecule has 0 amide bonds. The van der Waals surface area contributed by atoms with Crippen molar-refractivity contribution in [3.63, 3.8) is 0 Å². The molecule has 7 heteroatoms. The van der Waals surface area contributed by atoms with E-state index in [4.69, 9.17) is 23.2 Å². The summed E-state index contributed by atoms with van der Waals surface area (Å²) in [7, 11) is 0. The van der Waals surface area contributed by atoms with Gasteiger partial charge in [-0.15, -0.1) is 0 Å². The van der Waals surface area contributed by atoms with Crippen LogP contribution in [0.25, 0.3) is 11.3 Å². The van der Waals surface area contributed by atoms with Gasteiger partial charge in [-0.2, -0.15) is 4.98 Å². The third-order valence-electron chi connectivity index (χ3n) is 4.33. The van der Waals surface area contributed by atoms with Crippen LogP contribution in [-0.4, -0.2) is 27.7 Å². The van der Waals surface area contributed by atoms with Crippen molar-refractivity contribution in [2.75, 3.05) is 17.2 Å². The third-order valence-corrected chi connectivity index (χ3v) is 5.14. The second-order valence-corrected chi connectivity index (χ2v) is 7.52. The lowest BCUT2D eigenvalue weighted by atomic mass is 10.1. The lowest BCUT2D eigenvalue weighted by molar-refractivity contribution is 0.248. The highest BCUT2D eigenvalue weighted by Gasteiger charge is 2.15. The molecule has 3 N–H and O–H groups in total. The average Bonchev–Trinajstić information content (AvgIpc) is 2.70. The van der Waals surface area contributed by atoms with Gasteiger partial charge in [0.15, 0.2) is 0 Å². The van der Waals surface area contributed by atoms with E-state index in [0.717, 1.165) is 11.3 Å². The number of hydrogen-bond donors (Lipinski definition) is 3. The maximum absolute atomic E-state index is 9.65. The molecule has 146 valence electrons. The van der Waals surface area contributed by atoms with Crippen LogP contribution in [-0.2, 0) is 0 Å². The monoisotopic (exact) mass is 416 g/mol. The fourth-order valence-corrected chi connectivity index (χ4v) is 3.01. The van der Waals surface area contributed by atoms with Gasteiger partial charge in [0.25, 0.3) is 0 Å². The highest BCUT2D eigenvalue weighted by molar-refractivity contribution is 6.43. The molecule has 28 heavy (non-hydrogen) atoms. The SMILES string of the molecule is CC(C)[C@H](CO)Nc1nc(Nc2cccc(Cl)c2Cl)cc(-c2ccccc2)n1. The molecule has 1 atom stereocenters. The van der Waals surface area contributed by atoms with Gasteiger partial charge in [-0.05, 0) is 18.1 Å². The molecule has 3 aromatic rings. The summed E-state index contributed by atoms with van der Waals surface area (Å²) >= 11 is 12.4. The molecule has 1 aromatic heterocycles. The summed E-state index contributed by atoms with van der Waals surface area (Å²) < 4.78 is 0. The number of nitrogens with one attached hydrogen (secondary N) is 2. The molecule has 0 radical (unpaired) electrons. The first-order valence-electron chi connectivity index (χ1n) is 9.01. The van der Waals surface area contributed by atoms with Crippen LogP contribution in [0, 0.1) is 5.92 Å². The van der Waals surface area contributed by atoms with Crippen molar-refractivity contribution in [3.8, 4) is 11.3 Å². The van der Waals surface area contributed by atoms with Crippen LogP contribution in [0.15, 0.2) is 54.6 Å². The van der Waals surface area contributed by atoms with Crippen LogP contribution >= 0.6 is 23.2 Å². The lowest BCUT2D eigenvalue weighted by Gasteiger charge is -2.21. The first-order valence-corrected chi connectivity index (χ1v) is 9.76. The van der Waals surface area contributed by atoms with E-state index < -0.39 is 0 Å². The predicted octanol–water partition coefficient (Wildman–Crippen LogP) is 5.62. The van der Waals surface area contributed by atoms with Gasteiger partial charge in [-0.1, -0.05) is 73.4 Å². The molecule has 3 rings (SSSR count). The molecule has 0 saturated carbocycles. The average molecular weight is 417 g/mol. The van der Waals surface area contributed by atoms with Crippen molar-refractivity contribution in [3.05, 3.63) is 64.6 Å². The lowest BCUT2D eigenvalue weighted by Crippen LogP contribution is -2.30. The molecule has 0 spiro atoms. The Kier molecular flexibility index (Phi) is 6.73. The number of aromatic nitrogens is 2. The van der Waals surface area contributed by atoms with Crippen LogP contribution < -0.4 is 10.6 Å². The van der Waals surface area contributed by atoms with Crippen LogP contribution in [0.4, 0.5) is 17.5 Å². The topological polar surface area (TPSA) is 70.1 Å². The first kappa shape index (κ1) is 20.4. The quantitative estimate of drug-likeness (QED) is 0.465. The summed E-state index contributed by atoms with van der Waals surface area (Å²) in [6, 6.07) is 16.9. The van der Waals surface area contributed by atoms with Crippen molar-refractivity contribution in [2.45, 2.75) is 19.9 Å². The van der Waals surface area contributed by atoms with E-state index in [2.05, 4.69) is 20.6 Å². The van der Waals surface area contributed by atoms with Gasteiger partial charge in [0.1, 0.15) is 5.82 Å². The van der Waals surface area contributed by atoms with Gasteiger partial charge in [0.2, 0.25) is 5.95 Å². The summed E-state index contributed by atoms with van der Waals surface area (Å²) in [5.41, 5.74) is 2.36. The number of aliphatic hydroxyl groups is 1. The normalized spacial score (nSPS) is 12.1. The zero-order valence-electron chi connectivity index (χ0n) is 15.7. The summed E-state index contributed by atoms with van der Waals surface area (Å²) in [6.45, 7) is 4.04. The van der Waals surface area contributed by atoms with Crippen molar-refractivity contribution in [1.82, 2.24) is 9.97 Å². The van der Waals surface area contributed by atoms with E-state index in [0.29, 0.717) is 27.5 Å².